The van der Waals surface area contributed by atoms with Crippen LogP contribution in [-0.2, 0) is 11.2 Å². The van der Waals surface area contributed by atoms with E-state index >= 15 is 0 Å². The van der Waals surface area contributed by atoms with Crippen LogP contribution in [0.25, 0.3) is 0 Å². The first-order valence-corrected chi connectivity index (χ1v) is 8.88. The van der Waals surface area contributed by atoms with E-state index in [1.807, 2.05) is 30.5 Å². The van der Waals surface area contributed by atoms with Crippen LogP contribution in [0.2, 0.25) is 0 Å². The molecular formula is C18H21N3OS. The first kappa shape index (κ1) is 15.7. The Bertz CT molecular complexity index is 694. The van der Waals surface area contributed by atoms with Crippen LogP contribution in [0, 0.1) is 0 Å². The molecule has 0 unspecified atom stereocenters. The number of aryl methyl sites for hydroxylation is 1. The highest BCUT2D eigenvalue weighted by molar-refractivity contribution is 7.12. The number of para-hydroxylation sites is 1. The van der Waals surface area contributed by atoms with Crippen LogP contribution < -0.4 is 10.3 Å². The quantitative estimate of drug-likeness (QED) is 0.675. The second kappa shape index (κ2) is 7.42. The molecule has 0 atom stereocenters. The summed E-state index contributed by atoms with van der Waals surface area (Å²) in [5.41, 5.74) is 6.13. The SMILES string of the molecule is CC/C(=N/NC(=O)CN1CCCc2ccccc21)c1cccs1. The molecule has 1 amide bonds. The van der Waals surface area contributed by atoms with Crippen molar-refractivity contribution in [2.24, 2.45) is 5.10 Å². The van der Waals surface area contributed by atoms with Gasteiger partial charge in [-0.25, -0.2) is 5.43 Å². The molecule has 5 heteroatoms. The van der Waals surface area contributed by atoms with Crippen molar-refractivity contribution in [1.29, 1.82) is 0 Å². The number of nitrogens with zero attached hydrogens (tertiary/aromatic N) is 2. The molecule has 120 valence electrons. The lowest BCUT2D eigenvalue weighted by molar-refractivity contribution is -0.119. The monoisotopic (exact) mass is 327 g/mol. The van der Waals surface area contributed by atoms with Crippen LogP contribution in [0.4, 0.5) is 5.69 Å². The predicted molar refractivity (Wildman–Crippen MR) is 96.3 cm³/mol. The Morgan fingerprint density at radius 3 is 2.96 bits per heavy atom. The van der Waals surface area contributed by atoms with Gasteiger partial charge in [-0.05, 0) is 42.3 Å². The molecule has 2 aromatic rings. The number of nitrogens with one attached hydrogen (secondary N) is 1. The lowest BCUT2D eigenvalue weighted by atomic mass is 10.0. The number of carbonyl (C=O) groups is 1. The maximum absolute atomic E-state index is 12.3. The minimum absolute atomic E-state index is 0.0655. The third-order valence-electron chi connectivity index (χ3n) is 4.00. The number of hydrogen-bond donors (Lipinski definition) is 1. The summed E-state index contributed by atoms with van der Waals surface area (Å²) in [5, 5.41) is 6.33. The van der Waals surface area contributed by atoms with Crippen molar-refractivity contribution in [2.75, 3.05) is 18.0 Å². The summed E-state index contributed by atoms with van der Waals surface area (Å²) in [5.74, 6) is -0.0655. The van der Waals surface area contributed by atoms with Crippen LogP contribution in [0.3, 0.4) is 0 Å². The van der Waals surface area contributed by atoms with Crippen LogP contribution in [0.15, 0.2) is 46.9 Å². The van der Waals surface area contributed by atoms with Crippen LogP contribution in [0.1, 0.15) is 30.2 Å². The highest BCUT2D eigenvalue weighted by Gasteiger charge is 2.18. The molecule has 1 aliphatic rings. The molecule has 0 aliphatic carbocycles. The van der Waals surface area contributed by atoms with Crippen LogP contribution in [-0.4, -0.2) is 24.7 Å². The van der Waals surface area contributed by atoms with E-state index in [1.54, 1.807) is 11.3 Å². The molecule has 2 heterocycles. The minimum Gasteiger partial charge on any atom is -0.362 e. The van der Waals surface area contributed by atoms with Crippen molar-refractivity contribution >= 4 is 28.6 Å². The van der Waals surface area contributed by atoms with Gasteiger partial charge in [0.05, 0.1) is 17.1 Å². The largest absolute Gasteiger partial charge is 0.362 e. The number of amides is 1. The highest BCUT2D eigenvalue weighted by Crippen LogP contribution is 2.26. The molecule has 1 aliphatic heterocycles. The number of anilines is 1. The summed E-state index contributed by atoms with van der Waals surface area (Å²) in [7, 11) is 0. The lowest BCUT2D eigenvalue weighted by Gasteiger charge is -2.30. The summed E-state index contributed by atoms with van der Waals surface area (Å²) >= 11 is 1.64. The molecule has 3 rings (SSSR count). The van der Waals surface area contributed by atoms with Gasteiger partial charge < -0.3 is 4.90 Å². The zero-order chi connectivity index (χ0) is 16.1. The molecule has 23 heavy (non-hydrogen) atoms. The molecule has 0 bridgehead atoms. The second-order valence-corrected chi connectivity index (χ2v) is 6.53. The molecule has 0 radical (unpaired) electrons. The molecule has 1 N–H and O–H groups in total. The van der Waals surface area contributed by atoms with E-state index in [0.717, 1.165) is 36.4 Å². The number of benzene rings is 1. The fourth-order valence-electron chi connectivity index (χ4n) is 2.87. The fourth-order valence-corrected chi connectivity index (χ4v) is 3.65. The standard InChI is InChI=1S/C18H21N3OS/c1-2-15(17-10-6-12-23-17)19-20-18(22)13-21-11-5-8-14-7-3-4-9-16(14)21/h3-4,6-7,9-10,12H,2,5,8,11,13H2,1H3,(H,20,22)/b19-15-. The van der Waals surface area contributed by atoms with Gasteiger partial charge in [0.15, 0.2) is 0 Å². The van der Waals surface area contributed by atoms with Crippen LogP contribution >= 0.6 is 11.3 Å². The van der Waals surface area contributed by atoms with Gasteiger partial charge in [-0.15, -0.1) is 11.3 Å². The zero-order valence-corrected chi connectivity index (χ0v) is 14.1. The molecular weight excluding hydrogens is 306 g/mol. The van der Waals surface area contributed by atoms with Gasteiger partial charge in [0, 0.05) is 12.2 Å². The number of thiophene rings is 1. The van der Waals surface area contributed by atoms with Crippen molar-refractivity contribution < 1.29 is 4.79 Å². The van der Waals surface area contributed by atoms with Crippen molar-refractivity contribution in [3.05, 3.63) is 52.2 Å². The summed E-state index contributed by atoms with van der Waals surface area (Å²) < 4.78 is 0. The first-order chi connectivity index (χ1) is 11.3. The van der Waals surface area contributed by atoms with Gasteiger partial charge in [0.2, 0.25) is 0 Å². The summed E-state index contributed by atoms with van der Waals surface area (Å²) in [4.78, 5) is 15.5. The van der Waals surface area contributed by atoms with Gasteiger partial charge in [0.25, 0.3) is 5.91 Å². The average Bonchev–Trinajstić information content (AvgIpc) is 3.10. The van der Waals surface area contributed by atoms with E-state index in [1.165, 1.54) is 11.3 Å². The van der Waals surface area contributed by atoms with E-state index in [2.05, 4.69) is 33.6 Å². The maximum atomic E-state index is 12.3. The minimum atomic E-state index is -0.0655. The van der Waals surface area contributed by atoms with Crippen molar-refractivity contribution in [2.45, 2.75) is 26.2 Å². The number of carbonyl (C=O) groups excluding carboxylic acids is 1. The Kier molecular flexibility index (Phi) is 5.08. The topological polar surface area (TPSA) is 44.7 Å². The van der Waals surface area contributed by atoms with E-state index in [4.69, 9.17) is 0 Å². The molecule has 0 saturated heterocycles. The van der Waals surface area contributed by atoms with Gasteiger partial charge >= 0.3 is 0 Å². The van der Waals surface area contributed by atoms with Gasteiger partial charge in [-0.2, -0.15) is 5.10 Å². The average molecular weight is 327 g/mol. The van der Waals surface area contributed by atoms with E-state index in [0.29, 0.717) is 6.54 Å². The van der Waals surface area contributed by atoms with E-state index < -0.39 is 0 Å². The Morgan fingerprint density at radius 1 is 1.30 bits per heavy atom. The fraction of sp³-hybridized carbons (Fsp3) is 0.333. The molecule has 1 aromatic heterocycles. The number of hydrogen-bond acceptors (Lipinski definition) is 4. The second-order valence-electron chi connectivity index (χ2n) is 5.58. The summed E-state index contributed by atoms with van der Waals surface area (Å²) in [6.07, 6.45) is 2.97. The van der Waals surface area contributed by atoms with Crippen molar-refractivity contribution in [3.63, 3.8) is 0 Å². The molecule has 1 aromatic carbocycles. The predicted octanol–water partition coefficient (Wildman–Crippen LogP) is 3.43. The number of hydrazone groups is 1. The van der Waals surface area contributed by atoms with Crippen molar-refractivity contribution in [1.82, 2.24) is 5.43 Å². The van der Waals surface area contributed by atoms with Gasteiger partial charge in [0.1, 0.15) is 0 Å². The highest BCUT2D eigenvalue weighted by atomic mass is 32.1. The number of fused-ring (bicyclic) bond motifs is 1. The Morgan fingerprint density at radius 2 is 2.17 bits per heavy atom. The lowest BCUT2D eigenvalue weighted by Crippen LogP contribution is -2.38. The van der Waals surface area contributed by atoms with E-state index in [-0.39, 0.29) is 5.91 Å². The van der Waals surface area contributed by atoms with Gasteiger partial charge in [-0.1, -0.05) is 31.2 Å². The summed E-state index contributed by atoms with van der Waals surface area (Å²) in [6, 6.07) is 12.3. The smallest absolute Gasteiger partial charge is 0.259 e. The third kappa shape index (κ3) is 3.79. The molecule has 4 nitrogen and oxygen atoms in total. The maximum Gasteiger partial charge on any atom is 0.259 e. The number of rotatable bonds is 5. The van der Waals surface area contributed by atoms with Crippen LogP contribution in [0.5, 0.6) is 0 Å². The third-order valence-corrected chi connectivity index (χ3v) is 4.92. The Balaban J connectivity index is 1.64. The van der Waals surface area contributed by atoms with Crippen molar-refractivity contribution in [3.8, 4) is 0 Å². The zero-order valence-electron chi connectivity index (χ0n) is 13.3. The first-order valence-electron chi connectivity index (χ1n) is 8.00. The Hall–Kier alpha value is -2.14. The summed E-state index contributed by atoms with van der Waals surface area (Å²) in [6.45, 7) is 3.31. The van der Waals surface area contributed by atoms with E-state index in [9.17, 15) is 4.79 Å². The molecule has 0 saturated carbocycles. The Labute approximate surface area is 140 Å². The molecule has 0 spiro atoms. The molecule has 0 fully saturated rings. The van der Waals surface area contributed by atoms with Gasteiger partial charge in [-0.3, -0.25) is 4.79 Å². The normalized spacial score (nSPS) is 14.5.